The normalized spacial score (nSPS) is 18.3. The van der Waals surface area contributed by atoms with E-state index in [0.717, 1.165) is 19.0 Å². The highest BCUT2D eigenvalue weighted by Crippen LogP contribution is 2.51. The van der Waals surface area contributed by atoms with Crippen molar-refractivity contribution in [2.45, 2.75) is 33.2 Å². The lowest BCUT2D eigenvalue weighted by Crippen LogP contribution is -2.34. The second-order valence-electron chi connectivity index (χ2n) is 7.45. The summed E-state index contributed by atoms with van der Waals surface area (Å²) in [4.78, 5) is 24.0. The standard InChI is InChI=1S/C20H26N5O6P/c1-4-12(2)7-8-25-20(28)18(15(26)10-22-25)19-23-14-6-5-13(31-11-17(21)27)9-16(14)32(29,24-19)30-3/h5-6,9-10,12,26H,4,7-8,11H2,1-3H3,(H2,21,27)(H,23,24,29). The number of benzene rings is 1. The molecule has 1 aliphatic heterocycles. The number of nitrogens with one attached hydrogen (secondary N) is 1. The fourth-order valence-corrected chi connectivity index (χ4v) is 4.62. The third kappa shape index (κ3) is 4.84. The number of carbonyl (C=O) groups is 1. The molecule has 0 saturated carbocycles. The summed E-state index contributed by atoms with van der Waals surface area (Å²) < 4.78 is 29.3. The highest BCUT2D eigenvalue weighted by Gasteiger charge is 2.35. The second kappa shape index (κ2) is 9.54. The van der Waals surface area contributed by atoms with E-state index in [1.54, 1.807) is 6.07 Å². The number of ether oxygens (including phenoxy) is 1. The topological polar surface area (TPSA) is 158 Å². The number of anilines is 1. The third-order valence-corrected chi connectivity index (χ3v) is 7.12. The number of nitrogens with zero attached hydrogens (tertiary/aromatic N) is 3. The number of rotatable bonds is 9. The molecule has 32 heavy (non-hydrogen) atoms. The SMILES string of the molecule is CCC(C)CCn1ncc(O)c(C2=NP(=O)(OC)c3cc(OCC(N)=O)ccc3N2)c1=O. The number of amidine groups is 1. The maximum Gasteiger partial charge on any atom is 0.348 e. The van der Waals surface area contributed by atoms with Crippen LogP contribution >= 0.6 is 7.52 Å². The van der Waals surface area contributed by atoms with E-state index in [1.807, 2.05) is 0 Å². The van der Waals surface area contributed by atoms with Gasteiger partial charge in [0.15, 0.2) is 18.2 Å². The Morgan fingerprint density at radius 3 is 2.81 bits per heavy atom. The van der Waals surface area contributed by atoms with Gasteiger partial charge in [0, 0.05) is 13.7 Å². The van der Waals surface area contributed by atoms with Crippen LogP contribution in [0.5, 0.6) is 11.5 Å². The van der Waals surface area contributed by atoms with Crippen molar-refractivity contribution < 1.29 is 23.7 Å². The molecule has 0 aliphatic carbocycles. The van der Waals surface area contributed by atoms with E-state index >= 15 is 0 Å². The number of carbonyl (C=O) groups excluding carboxylic acids is 1. The Morgan fingerprint density at radius 2 is 2.16 bits per heavy atom. The highest BCUT2D eigenvalue weighted by atomic mass is 31.2. The molecule has 2 atom stereocenters. The summed E-state index contributed by atoms with van der Waals surface area (Å²) in [5.41, 5.74) is 4.73. The molecular formula is C20H26N5O6P. The molecule has 0 radical (unpaired) electrons. The van der Waals surface area contributed by atoms with Crippen LogP contribution in [0, 0.1) is 5.92 Å². The molecule has 3 rings (SSSR count). The van der Waals surface area contributed by atoms with Crippen LogP contribution in [-0.2, 0) is 20.4 Å². The monoisotopic (exact) mass is 463 g/mol. The van der Waals surface area contributed by atoms with Crippen LogP contribution in [0.25, 0.3) is 0 Å². The molecule has 172 valence electrons. The van der Waals surface area contributed by atoms with Crippen molar-refractivity contribution in [2.24, 2.45) is 16.4 Å². The molecule has 4 N–H and O–H groups in total. The summed E-state index contributed by atoms with van der Waals surface area (Å²) in [7, 11) is -2.59. The van der Waals surface area contributed by atoms with E-state index in [1.165, 1.54) is 23.9 Å². The minimum absolute atomic E-state index is 0.0873. The van der Waals surface area contributed by atoms with Gasteiger partial charge in [-0.05, 0) is 30.5 Å². The largest absolute Gasteiger partial charge is 0.505 e. The fraction of sp³-hybridized carbons (Fsp3) is 0.400. The van der Waals surface area contributed by atoms with Crippen LogP contribution in [0.4, 0.5) is 5.69 Å². The summed E-state index contributed by atoms with van der Waals surface area (Å²) in [5, 5.41) is 17.5. The van der Waals surface area contributed by atoms with Gasteiger partial charge in [0.05, 0.1) is 17.2 Å². The Hall–Kier alpha value is -3.17. The van der Waals surface area contributed by atoms with Crippen molar-refractivity contribution >= 4 is 30.3 Å². The van der Waals surface area contributed by atoms with E-state index in [4.69, 9.17) is 15.0 Å². The first kappa shape index (κ1) is 23.5. The number of primary amides is 1. The number of fused-ring (bicyclic) bond motifs is 1. The number of aromatic hydroxyl groups is 1. The minimum atomic E-state index is -3.82. The van der Waals surface area contributed by atoms with Crippen molar-refractivity contribution in [2.75, 3.05) is 19.0 Å². The van der Waals surface area contributed by atoms with Gasteiger partial charge in [-0.25, -0.2) is 4.68 Å². The Balaban J connectivity index is 2.01. The summed E-state index contributed by atoms with van der Waals surface area (Å²) in [6, 6.07) is 4.51. The lowest BCUT2D eigenvalue weighted by Gasteiger charge is -2.24. The van der Waals surface area contributed by atoms with Gasteiger partial charge >= 0.3 is 7.52 Å². The summed E-state index contributed by atoms with van der Waals surface area (Å²) >= 11 is 0. The molecular weight excluding hydrogens is 437 g/mol. The molecule has 0 saturated heterocycles. The molecule has 2 heterocycles. The third-order valence-electron chi connectivity index (χ3n) is 5.18. The Bertz CT molecular complexity index is 1160. The molecule has 11 nitrogen and oxygen atoms in total. The zero-order valence-corrected chi connectivity index (χ0v) is 19.0. The molecule has 1 aromatic heterocycles. The number of nitrogens with two attached hydrogens (primary N) is 1. The van der Waals surface area contributed by atoms with Crippen molar-refractivity contribution in [1.29, 1.82) is 0 Å². The summed E-state index contributed by atoms with van der Waals surface area (Å²) in [5.74, 6) is -0.491. The maximum absolute atomic E-state index is 13.5. The summed E-state index contributed by atoms with van der Waals surface area (Å²) in [6.07, 6.45) is 2.86. The van der Waals surface area contributed by atoms with E-state index in [9.17, 15) is 19.3 Å². The predicted molar refractivity (Wildman–Crippen MR) is 120 cm³/mol. The average molecular weight is 463 g/mol. The average Bonchev–Trinajstić information content (AvgIpc) is 2.77. The van der Waals surface area contributed by atoms with Gasteiger partial charge < -0.3 is 25.4 Å². The first-order valence-electron chi connectivity index (χ1n) is 10.1. The lowest BCUT2D eigenvalue weighted by molar-refractivity contribution is -0.119. The zero-order valence-electron chi connectivity index (χ0n) is 18.1. The number of aromatic nitrogens is 2. The molecule has 0 fully saturated rings. The van der Waals surface area contributed by atoms with Crippen LogP contribution in [0.15, 0.2) is 34.0 Å². The fourth-order valence-electron chi connectivity index (χ4n) is 3.09. The van der Waals surface area contributed by atoms with Crippen LogP contribution in [0.3, 0.4) is 0 Å². The van der Waals surface area contributed by atoms with Gasteiger partial charge in [0.1, 0.15) is 11.3 Å². The second-order valence-corrected chi connectivity index (χ2v) is 9.53. The number of hydrogen-bond donors (Lipinski definition) is 3. The van der Waals surface area contributed by atoms with Crippen LogP contribution in [0.1, 0.15) is 32.3 Å². The van der Waals surface area contributed by atoms with Crippen LogP contribution in [-0.4, -0.2) is 40.3 Å². The molecule has 2 unspecified atom stereocenters. The smallest absolute Gasteiger partial charge is 0.348 e. The van der Waals surface area contributed by atoms with E-state index in [0.29, 0.717) is 18.2 Å². The molecule has 0 spiro atoms. The van der Waals surface area contributed by atoms with Crippen LogP contribution < -0.4 is 26.7 Å². The predicted octanol–water partition coefficient (Wildman–Crippen LogP) is 1.59. The maximum atomic E-state index is 13.5. The Labute approximate surface area is 184 Å². The Kier molecular flexibility index (Phi) is 7.00. The van der Waals surface area contributed by atoms with Crippen molar-refractivity contribution in [3.05, 3.63) is 40.3 Å². The summed E-state index contributed by atoms with van der Waals surface area (Å²) in [6.45, 7) is 4.16. The zero-order chi connectivity index (χ0) is 23.5. The van der Waals surface area contributed by atoms with Crippen LogP contribution in [0.2, 0.25) is 0 Å². The number of aryl methyl sites for hydroxylation is 1. The quantitative estimate of drug-likeness (QED) is 0.473. The molecule has 1 aliphatic rings. The minimum Gasteiger partial charge on any atom is -0.505 e. The number of hydrogen-bond acceptors (Lipinski definition) is 8. The van der Waals surface area contributed by atoms with Crippen molar-refractivity contribution in [3.8, 4) is 11.5 Å². The molecule has 0 bridgehead atoms. The first-order valence-corrected chi connectivity index (χ1v) is 11.6. The van der Waals surface area contributed by atoms with Gasteiger partial charge in [-0.2, -0.15) is 9.86 Å². The lowest BCUT2D eigenvalue weighted by atomic mass is 10.1. The molecule has 2 aromatic rings. The van der Waals surface area contributed by atoms with Crippen molar-refractivity contribution in [3.63, 3.8) is 0 Å². The van der Waals surface area contributed by atoms with Gasteiger partial charge in [0.25, 0.3) is 11.5 Å². The number of amides is 1. The first-order chi connectivity index (χ1) is 15.2. The van der Waals surface area contributed by atoms with Gasteiger partial charge in [-0.3, -0.25) is 14.2 Å². The molecule has 1 amide bonds. The van der Waals surface area contributed by atoms with E-state index < -0.39 is 24.7 Å². The molecule has 1 aromatic carbocycles. The van der Waals surface area contributed by atoms with Gasteiger partial charge in [-0.1, -0.05) is 20.3 Å². The molecule has 12 heteroatoms. The van der Waals surface area contributed by atoms with Gasteiger partial charge in [0.2, 0.25) is 0 Å². The van der Waals surface area contributed by atoms with E-state index in [2.05, 4.69) is 29.0 Å². The highest BCUT2D eigenvalue weighted by molar-refractivity contribution is 7.66. The van der Waals surface area contributed by atoms with Crippen molar-refractivity contribution in [1.82, 2.24) is 9.78 Å². The van der Waals surface area contributed by atoms with E-state index in [-0.39, 0.29) is 29.1 Å². The van der Waals surface area contributed by atoms with Gasteiger partial charge in [-0.15, -0.1) is 0 Å². The Morgan fingerprint density at radius 1 is 1.41 bits per heavy atom.